The fourth-order valence-electron chi connectivity index (χ4n) is 0.939. The Labute approximate surface area is 73.4 Å². The highest BCUT2D eigenvalue weighted by Gasteiger charge is 2.21. The quantitative estimate of drug-likeness (QED) is 0.686. The van der Waals surface area contributed by atoms with Gasteiger partial charge in [0.1, 0.15) is 6.04 Å². The molecule has 0 fully saturated rings. The number of carbonyl (C=O) groups is 2. The van der Waals surface area contributed by atoms with Gasteiger partial charge in [-0.15, -0.1) is 0 Å². The van der Waals surface area contributed by atoms with E-state index in [0.29, 0.717) is 0 Å². The lowest BCUT2D eigenvalue weighted by atomic mass is 10.2. The Morgan fingerprint density at radius 2 is 2.15 bits per heavy atom. The maximum absolute atomic E-state index is 10.6. The highest BCUT2D eigenvalue weighted by atomic mass is 16.4. The predicted octanol–water partition coefficient (Wildman–Crippen LogP) is -0.0165. The molecule has 13 heavy (non-hydrogen) atoms. The van der Waals surface area contributed by atoms with E-state index in [1.54, 1.807) is 0 Å². The number of carboxylic acid groups (broad SMARTS) is 2. The van der Waals surface area contributed by atoms with Crippen molar-refractivity contribution in [3.63, 3.8) is 0 Å². The van der Waals surface area contributed by atoms with Crippen LogP contribution < -0.4 is 0 Å². The lowest BCUT2D eigenvalue weighted by Crippen LogP contribution is -2.21. The summed E-state index contributed by atoms with van der Waals surface area (Å²) in [7, 11) is 0. The van der Waals surface area contributed by atoms with Crippen molar-refractivity contribution >= 4 is 11.9 Å². The largest absolute Gasteiger partial charge is 0.481 e. The van der Waals surface area contributed by atoms with Crippen LogP contribution in [0.1, 0.15) is 12.5 Å². The van der Waals surface area contributed by atoms with Gasteiger partial charge in [-0.3, -0.25) is 4.79 Å². The van der Waals surface area contributed by atoms with Gasteiger partial charge in [-0.2, -0.15) is 0 Å². The van der Waals surface area contributed by atoms with Crippen molar-refractivity contribution in [2.75, 3.05) is 0 Å². The van der Waals surface area contributed by atoms with Crippen LogP contribution in [0.5, 0.6) is 0 Å². The van der Waals surface area contributed by atoms with Gasteiger partial charge in [-0.25, -0.2) is 9.78 Å². The minimum absolute atomic E-state index is 0.453. The van der Waals surface area contributed by atoms with Crippen LogP contribution >= 0.6 is 0 Å². The van der Waals surface area contributed by atoms with Crippen molar-refractivity contribution < 1.29 is 19.8 Å². The van der Waals surface area contributed by atoms with E-state index < -0.39 is 24.4 Å². The molecule has 0 radical (unpaired) electrons. The molecule has 0 aromatic carbocycles. The van der Waals surface area contributed by atoms with Crippen LogP contribution in [0.3, 0.4) is 0 Å². The highest BCUT2D eigenvalue weighted by Crippen LogP contribution is 2.10. The number of imidazole rings is 1. The van der Waals surface area contributed by atoms with Gasteiger partial charge >= 0.3 is 11.9 Å². The van der Waals surface area contributed by atoms with Crippen molar-refractivity contribution in [1.29, 1.82) is 0 Å². The Morgan fingerprint density at radius 1 is 1.46 bits per heavy atom. The van der Waals surface area contributed by atoms with Crippen molar-refractivity contribution in [3.05, 3.63) is 18.7 Å². The normalized spacial score (nSPS) is 12.3. The zero-order valence-corrected chi connectivity index (χ0v) is 6.62. The Kier molecular flexibility index (Phi) is 2.63. The van der Waals surface area contributed by atoms with Crippen molar-refractivity contribution in [2.24, 2.45) is 0 Å². The molecule has 1 aromatic rings. The SMILES string of the molecule is O=C(O)CC(C(=O)O)n1ccnc1. The van der Waals surface area contributed by atoms with E-state index in [1.165, 1.54) is 23.3 Å². The molecule has 0 aliphatic heterocycles. The summed E-state index contributed by atoms with van der Waals surface area (Å²) in [5.74, 6) is -2.33. The number of aromatic nitrogens is 2. The zero-order valence-electron chi connectivity index (χ0n) is 6.62. The summed E-state index contributed by atoms with van der Waals surface area (Å²) in [6.45, 7) is 0. The molecule has 6 heteroatoms. The molecule has 0 spiro atoms. The maximum Gasteiger partial charge on any atom is 0.327 e. The Bertz CT molecular complexity index is 306. The molecule has 0 aliphatic carbocycles. The van der Waals surface area contributed by atoms with Crippen LogP contribution in [0.25, 0.3) is 0 Å². The number of nitrogens with zero attached hydrogens (tertiary/aromatic N) is 2. The van der Waals surface area contributed by atoms with E-state index in [4.69, 9.17) is 10.2 Å². The van der Waals surface area contributed by atoms with Gasteiger partial charge in [-0.05, 0) is 0 Å². The monoisotopic (exact) mass is 184 g/mol. The number of carboxylic acids is 2. The van der Waals surface area contributed by atoms with Crippen molar-refractivity contribution in [2.45, 2.75) is 12.5 Å². The molecule has 0 amide bonds. The summed E-state index contributed by atoms with van der Waals surface area (Å²) < 4.78 is 1.25. The van der Waals surface area contributed by atoms with Crippen LogP contribution in [0.15, 0.2) is 18.7 Å². The summed E-state index contributed by atoms with van der Waals surface area (Å²) in [6, 6.07) is -1.08. The standard InChI is InChI=1S/C7H8N2O4/c10-6(11)3-5(7(12)13)9-2-1-8-4-9/h1-2,4-5H,3H2,(H,10,11)(H,12,13). The van der Waals surface area contributed by atoms with Gasteiger partial charge in [0.15, 0.2) is 0 Å². The van der Waals surface area contributed by atoms with E-state index in [-0.39, 0.29) is 0 Å². The molecular formula is C7H8N2O4. The molecular weight excluding hydrogens is 176 g/mol. The summed E-state index contributed by atoms with van der Waals surface area (Å²) in [6.07, 6.45) is 3.65. The third-order valence-corrected chi connectivity index (χ3v) is 1.54. The second-order valence-corrected chi connectivity index (χ2v) is 2.46. The second-order valence-electron chi connectivity index (χ2n) is 2.46. The average molecular weight is 184 g/mol. The molecule has 0 bridgehead atoms. The molecule has 1 aromatic heterocycles. The highest BCUT2D eigenvalue weighted by molar-refractivity contribution is 5.79. The second kappa shape index (κ2) is 3.70. The number of hydrogen-bond donors (Lipinski definition) is 2. The van der Waals surface area contributed by atoms with Crippen molar-refractivity contribution in [1.82, 2.24) is 9.55 Å². The number of aliphatic carboxylic acids is 2. The fourth-order valence-corrected chi connectivity index (χ4v) is 0.939. The van der Waals surface area contributed by atoms with Gasteiger partial charge in [-0.1, -0.05) is 0 Å². The van der Waals surface area contributed by atoms with Crippen LogP contribution in [0.4, 0.5) is 0 Å². The first-order chi connectivity index (χ1) is 6.11. The molecule has 6 nitrogen and oxygen atoms in total. The van der Waals surface area contributed by atoms with Gasteiger partial charge in [0.2, 0.25) is 0 Å². The summed E-state index contributed by atoms with van der Waals surface area (Å²) in [5, 5.41) is 17.1. The minimum Gasteiger partial charge on any atom is -0.481 e. The van der Waals surface area contributed by atoms with Crippen LogP contribution in [-0.2, 0) is 9.59 Å². The summed E-state index contributed by atoms with van der Waals surface area (Å²) in [5.41, 5.74) is 0. The van der Waals surface area contributed by atoms with Gasteiger partial charge in [0.25, 0.3) is 0 Å². The smallest absolute Gasteiger partial charge is 0.327 e. The average Bonchev–Trinajstić information content (AvgIpc) is 2.50. The number of rotatable bonds is 4. The molecule has 1 atom stereocenters. The van der Waals surface area contributed by atoms with Crippen molar-refractivity contribution in [3.8, 4) is 0 Å². The van der Waals surface area contributed by atoms with Crippen LogP contribution in [0.2, 0.25) is 0 Å². The molecule has 1 rings (SSSR count). The third-order valence-electron chi connectivity index (χ3n) is 1.54. The van der Waals surface area contributed by atoms with Gasteiger partial charge in [0, 0.05) is 12.4 Å². The van der Waals surface area contributed by atoms with Gasteiger partial charge in [0.05, 0.1) is 12.7 Å². The molecule has 1 heterocycles. The van der Waals surface area contributed by atoms with E-state index >= 15 is 0 Å². The van der Waals surface area contributed by atoms with Crippen LogP contribution in [-0.4, -0.2) is 31.7 Å². The molecule has 0 saturated carbocycles. The molecule has 1 unspecified atom stereocenters. The summed E-state index contributed by atoms with van der Waals surface area (Å²) >= 11 is 0. The van der Waals surface area contributed by atoms with Gasteiger partial charge < -0.3 is 14.8 Å². The van der Waals surface area contributed by atoms with E-state index in [9.17, 15) is 9.59 Å². The van der Waals surface area contributed by atoms with E-state index in [1.807, 2.05) is 0 Å². The maximum atomic E-state index is 10.6. The fraction of sp³-hybridized carbons (Fsp3) is 0.286. The minimum atomic E-state index is -1.18. The third kappa shape index (κ3) is 2.29. The van der Waals surface area contributed by atoms with Crippen LogP contribution in [0, 0.1) is 0 Å². The lowest BCUT2D eigenvalue weighted by Gasteiger charge is -2.10. The zero-order chi connectivity index (χ0) is 9.84. The number of hydrogen-bond acceptors (Lipinski definition) is 3. The Hall–Kier alpha value is -1.85. The predicted molar refractivity (Wildman–Crippen MR) is 41.2 cm³/mol. The molecule has 70 valence electrons. The molecule has 0 saturated heterocycles. The van der Waals surface area contributed by atoms with E-state index in [0.717, 1.165) is 0 Å². The molecule has 0 aliphatic rings. The summed E-state index contributed by atoms with van der Waals surface area (Å²) in [4.78, 5) is 24.6. The Balaban J connectivity index is 2.81. The molecule has 2 N–H and O–H groups in total. The Morgan fingerprint density at radius 3 is 2.54 bits per heavy atom. The lowest BCUT2D eigenvalue weighted by molar-refractivity contribution is -0.147. The first kappa shape index (κ1) is 9.24. The first-order valence-corrected chi connectivity index (χ1v) is 3.53. The first-order valence-electron chi connectivity index (χ1n) is 3.53. The topological polar surface area (TPSA) is 92.4 Å². The van der Waals surface area contributed by atoms with E-state index in [2.05, 4.69) is 4.98 Å².